The molecule has 0 spiro atoms. The van der Waals surface area contributed by atoms with Crippen LogP contribution in [0.5, 0.6) is 0 Å². The molecule has 1 saturated heterocycles. The Labute approximate surface area is 117 Å². The molecule has 0 aliphatic carbocycles. The summed E-state index contributed by atoms with van der Waals surface area (Å²) in [6.07, 6.45) is 0. The van der Waals surface area contributed by atoms with Gasteiger partial charge in [0.2, 0.25) is 0 Å². The lowest BCUT2D eigenvalue weighted by atomic mass is 9.99. The number of nitrogens with zero attached hydrogens (tertiary/aromatic N) is 1. The number of carbonyl (C=O) groups is 1. The van der Waals surface area contributed by atoms with E-state index >= 15 is 0 Å². The Morgan fingerprint density at radius 2 is 2.21 bits per heavy atom. The van der Waals surface area contributed by atoms with Crippen molar-refractivity contribution in [3.05, 3.63) is 34.6 Å². The van der Waals surface area contributed by atoms with Crippen molar-refractivity contribution in [3.63, 3.8) is 0 Å². The number of hydrogen-bond acceptors (Lipinski definition) is 2. The van der Waals surface area contributed by atoms with Crippen LogP contribution in [0, 0.1) is 17.7 Å². The molecular weight excluding hydrogens is 269 g/mol. The highest BCUT2D eigenvalue weighted by molar-refractivity contribution is 6.30. The Balaban J connectivity index is 2.14. The van der Waals surface area contributed by atoms with E-state index in [1.54, 1.807) is 12.1 Å². The maximum Gasteiger partial charge on any atom is 0.308 e. The average molecular weight is 286 g/mol. The predicted molar refractivity (Wildman–Crippen MR) is 71.7 cm³/mol. The van der Waals surface area contributed by atoms with Crippen LogP contribution in [-0.2, 0) is 4.79 Å². The van der Waals surface area contributed by atoms with Gasteiger partial charge in [0, 0.05) is 19.1 Å². The summed E-state index contributed by atoms with van der Waals surface area (Å²) in [6, 6.07) is 4.69. The lowest BCUT2D eigenvalue weighted by Gasteiger charge is -2.24. The Morgan fingerprint density at radius 3 is 2.74 bits per heavy atom. The van der Waals surface area contributed by atoms with Crippen LogP contribution in [0.3, 0.4) is 0 Å². The highest BCUT2D eigenvalue weighted by Crippen LogP contribution is 2.32. The molecule has 1 aromatic carbocycles. The van der Waals surface area contributed by atoms with Gasteiger partial charge in [-0.25, -0.2) is 4.39 Å². The van der Waals surface area contributed by atoms with Gasteiger partial charge >= 0.3 is 5.97 Å². The van der Waals surface area contributed by atoms with Gasteiger partial charge < -0.3 is 5.11 Å². The standard InChI is InChI=1S/C14H17ClFNO2/c1-8-6-17(7-11(8)14(18)19)9(2)10-3-4-13(16)12(15)5-10/h3-5,8-9,11H,6-7H2,1-2H3,(H,18,19). The smallest absolute Gasteiger partial charge is 0.308 e. The van der Waals surface area contributed by atoms with Crippen LogP contribution in [0.25, 0.3) is 0 Å². The van der Waals surface area contributed by atoms with Gasteiger partial charge in [0.1, 0.15) is 5.82 Å². The summed E-state index contributed by atoms with van der Waals surface area (Å²) >= 11 is 5.78. The van der Waals surface area contributed by atoms with Crippen molar-refractivity contribution in [2.45, 2.75) is 19.9 Å². The summed E-state index contributed by atoms with van der Waals surface area (Å²) in [5.74, 6) is -1.40. The topological polar surface area (TPSA) is 40.5 Å². The Hall–Kier alpha value is -1.13. The first-order chi connectivity index (χ1) is 8.90. The number of aliphatic carboxylic acids is 1. The van der Waals surface area contributed by atoms with Crippen LogP contribution >= 0.6 is 11.6 Å². The van der Waals surface area contributed by atoms with Crippen LogP contribution in [0.4, 0.5) is 4.39 Å². The molecule has 1 aliphatic heterocycles. The van der Waals surface area contributed by atoms with E-state index in [4.69, 9.17) is 16.7 Å². The zero-order chi connectivity index (χ0) is 14.2. The third-order valence-corrected chi connectivity index (χ3v) is 4.22. The van der Waals surface area contributed by atoms with Crippen molar-refractivity contribution < 1.29 is 14.3 Å². The largest absolute Gasteiger partial charge is 0.481 e. The van der Waals surface area contributed by atoms with Crippen molar-refractivity contribution in [2.24, 2.45) is 11.8 Å². The van der Waals surface area contributed by atoms with Crippen molar-refractivity contribution in [1.29, 1.82) is 0 Å². The second-order valence-electron chi connectivity index (χ2n) is 5.23. The molecule has 104 valence electrons. The molecule has 0 amide bonds. The monoisotopic (exact) mass is 285 g/mol. The minimum absolute atomic E-state index is 0.0323. The van der Waals surface area contributed by atoms with Gasteiger partial charge in [-0.05, 0) is 30.5 Å². The van der Waals surface area contributed by atoms with Crippen LogP contribution in [-0.4, -0.2) is 29.1 Å². The first-order valence-electron chi connectivity index (χ1n) is 6.32. The van der Waals surface area contributed by atoms with Gasteiger partial charge in [0.25, 0.3) is 0 Å². The summed E-state index contributed by atoms with van der Waals surface area (Å²) in [5, 5.41) is 9.24. The normalized spacial score (nSPS) is 25.5. The lowest BCUT2D eigenvalue weighted by molar-refractivity contribution is -0.142. The molecule has 1 N–H and O–H groups in total. The fourth-order valence-corrected chi connectivity index (χ4v) is 2.81. The molecule has 0 saturated carbocycles. The third kappa shape index (κ3) is 2.90. The van der Waals surface area contributed by atoms with Gasteiger partial charge in [-0.3, -0.25) is 9.69 Å². The van der Waals surface area contributed by atoms with Gasteiger partial charge in [-0.1, -0.05) is 24.6 Å². The molecule has 1 aromatic rings. The van der Waals surface area contributed by atoms with Gasteiger partial charge in [0.15, 0.2) is 0 Å². The predicted octanol–water partition coefficient (Wildman–Crippen LogP) is 3.19. The van der Waals surface area contributed by atoms with Crippen molar-refractivity contribution in [2.75, 3.05) is 13.1 Å². The number of halogens is 2. The van der Waals surface area contributed by atoms with Crippen LogP contribution in [0.1, 0.15) is 25.5 Å². The molecule has 0 radical (unpaired) electrons. The lowest BCUT2D eigenvalue weighted by Crippen LogP contribution is -2.26. The van der Waals surface area contributed by atoms with E-state index in [1.807, 2.05) is 13.8 Å². The minimum Gasteiger partial charge on any atom is -0.481 e. The van der Waals surface area contributed by atoms with Crippen LogP contribution < -0.4 is 0 Å². The highest BCUT2D eigenvalue weighted by Gasteiger charge is 2.36. The Morgan fingerprint density at radius 1 is 1.53 bits per heavy atom. The Kier molecular flexibility index (Phi) is 4.11. The SMILES string of the molecule is CC1CN(C(C)c2ccc(F)c(Cl)c2)CC1C(=O)O. The summed E-state index contributed by atoms with van der Waals surface area (Å²) in [6.45, 7) is 5.18. The van der Waals surface area contributed by atoms with Gasteiger partial charge in [-0.2, -0.15) is 0 Å². The first kappa shape index (κ1) is 14.3. The summed E-state index contributed by atoms with van der Waals surface area (Å²) < 4.78 is 13.1. The van der Waals surface area contributed by atoms with E-state index in [9.17, 15) is 9.18 Å². The quantitative estimate of drug-likeness (QED) is 0.927. The number of rotatable bonds is 3. The fourth-order valence-electron chi connectivity index (χ4n) is 2.63. The molecule has 1 aliphatic rings. The van der Waals surface area contributed by atoms with E-state index < -0.39 is 11.8 Å². The van der Waals surface area contributed by atoms with E-state index in [1.165, 1.54) is 6.07 Å². The number of benzene rings is 1. The van der Waals surface area contributed by atoms with Gasteiger partial charge in [0.05, 0.1) is 10.9 Å². The van der Waals surface area contributed by atoms with E-state index in [0.29, 0.717) is 6.54 Å². The number of hydrogen-bond donors (Lipinski definition) is 1. The van der Waals surface area contributed by atoms with Crippen LogP contribution in [0.2, 0.25) is 5.02 Å². The van der Waals surface area contributed by atoms with Crippen LogP contribution in [0.15, 0.2) is 18.2 Å². The molecular formula is C14H17ClFNO2. The minimum atomic E-state index is -0.751. The van der Waals surface area contributed by atoms with Crippen molar-refractivity contribution >= 4 is 17.6 Å². The molecule has 2 rings (SSSR count). The first-order valence-corrected chi connectivity index (χ1v) is 6.69. The van der Waals surface area contributed by atoms with E-state index in [2.05, 4.69) is 4.90 Å². The third-order valence-electron chi connectivity index (χ3n) is 3.93. The molecule has 0 aromatic heterocycles. The maximum absolute atomic E-state index is 13.1. The van der Waals surface area contributed by atoms with Gasteiger partial charge in [-0.15, -0.1) is 0 Å². The molecule has 3 nitrogen and oxygen atoms in total. The molecule has 5 heteroatoms. The van der Waals surface area contributed by atoms with E-state index in [0.717, 1.165) is 12.1 Å². The number of carboxylic acid groups (broad SMARTS) is 1. The Bertz CT molecular complexity index is 494. The summed E-state index contributed by atoms with van der Waals surface area (Å²) in [4.78, 5) is 13.2. The second-order valence-corrected chi connectivity index (χ2v) is 5.63. The fraction of sp³-hybridized carbons (Fsp3) is 0.500. The average Bonchev–Trinajstić information content (AvgIpc) is 2.74. The number of carboxylic acids is 1. The zero-order valence-electron chi connectivity index (χ0n) is 10.9. The van der Waals surface area contributed by atoms with Crippen molar-refractivity contribution in [1.82, 2.24) is 4.90 Å². The molecule has 1 heterocycles. The molecule has 1 fully saturated rings. The van der Waals surface area contributed by atoms with Crippen molar-refractivity contribution in [3.8, 4) is 0 Å². The summed E-state index contributed by atoms with van der Waals surface area (Å²) in [5.41, 5.74) is 0.907. The zero-order valence-corrected chi connectivity index (χ0v) is 11.7. The molecule has 0 bridgehead atoms. The number of likely N-dealkylation sites (tertiary alicyclic amines) is 1. The molecule has 3 unspecified atom stereocenters. The second kappa shape index (κ2) is 5.47. The maximum atomic E-state index is 13.1. The van der Waals surface area contributed by atoms with E-state index in [-0.39, 0.29) is 22.9 Å². The molecule has 3 atom stereocenters. The summed E-state index contributed by atoms with van der Waals surface area (Å²) in [7, 11) is 0. The highest BCUT2D eigenvalue weighted by atomic mass is 35.5. The molecule has 19 heavy (non-hydrogen) atoms.